The summed E-state index contributed by atoms with van der Waals surface area (Å²) >= 11 is 1.64. The third-order valence-electron chi connectivity index (χ3n) is 6.93. The third-order valence-corrected chi connectivity index (χ3v) is 7.61. The van der Waals surface area contributed by atoms with Crippen molar-refractivity contribution in [1.29, 1.82) is 0 Å². The second-order valence-corrected chi connectivity index (χ2v) is 10.3. The van der Waals surface area contributed by atoms with Crippen LogP contribution in [0, 0.1) is 6.92 Å². The molecule has 188 valence electrons. The highest BCUT2D eigenvalue weighted by Gasteiger charge is 2.36. The number of para-hydroxylation sites is 1. The first-order valence-corrected chi connectivity index (χ1v) is 13.5. The molecule has 1 amide bonds. The molecule has 0 unspecified atom stereocenters. The van der Waals surface area contributed by atoms with Crippen LogP contribution in [0.25, 0.3) is 16.9 Å². The summed E-state index contributed by atoms with van der Waals surface area (Å²) < 4.78 is 7.39. The maximum Gasteiger partial charge on any atom is 0.257 e. The minimum absolute atomic E-state index is 0.000512. The number of thiophene rings is 1. The zero-order valence-corrected chi connectivity index (χ0v) is 21.6. The molecular formula is C29H29N5O2S. The number of benzene rings is 2. The van der Waals surface area contributed by atoms with Gasteiger partial charge in [0.05, 0.1) is 42.9 Å². The maximum absolute atomic E-state index is 13.7. The monoisotopic (exact) mass is 511 g/mol. The van der Waals surface area contributed by atoms with Crippen LogP contribution in [0.15, 0.2) is 82.7 Å². The Morgan fingerprint density at radius 2 is 1.81 bits per heavy atom. The molecule has 2 aromatic heterocycles. The first-order valence-electron chi connectivity index (χ1n) is 12.6. The van der Waals surface area contributed by atoms with Gasteiger partial charge in [0.15, 0.2) is 0 Å². The molecule has 6 rings (SSSR count). The summed E-state index contributed by atoms with van der Waals surface area (Å²) in [6.07, 6.45) is 2.71. The molecule has 0 radical (unpaired) electrons. The maximum atomic E-state index is 13.7. The van der Waals surface area contributed by atoms with Crippen molar-refractivity contribution in [2.45, 2.75) is 19.4 Å². The van der Waals surface area contributed by atoms with Crippen LogP contribution in [0.2, 0.25) is 0 Å². The van der Waals surface area contributed by atoms with Gasteiger partial charge in [0.1, 0.15) is 0 Å². The van der Waals surface area contributed by atoms with Crippen molar-refractivity contribution in [2.24, 2.45) is 5.10 Å². The molecule has 1 atom stereocenters. The minimum atomic E-state index is -0.239. The first-order chi connectivity index (χ1) is 18.2. The second kappa shape index (κ2) is 10.4. The predicted octanol–water partition coefficient (Wildman–Crippen LogP) is 4.92. The average Bonchev–Trinajstić information content (AvgIpc) is 3.70. The number of hydrogen-bond acceptors (Lipinski definition) is 6. The molecule has 0 spiro atoms. The number of carbonyl (C=O) groups excluding carboxylic acids is 1. The van der Waals surface area contributed by atoms with Crippen LogP contribution in [-0.4, -0.2) is 64.2 Å². The lowest BCUT2D eigenvalue weighted by molar-refractivity contribution is -0.135. The van der Waals surface area contributed by atoms with Gasteiger partial charge in [0.2, 0.25) is 0 Å². The normalized spacial score (nSPS) is 18.2. The Morgan fingerprint density at radius 3 is 2.54 bits per heavy atom. The predicted molar refractivity (Wildman–Crippen MR) is 146 cm³/mol. The van der Waals surface area contributed by atoms with E-state index in [2.05, 4.69) is 59.1 Å². The van der Waals surface area contributed by atoms with E-state index in [4.69, 9.17) is 14.9 Å². The fourth-order valence-corrected chi connectivity index (χ4v) is 5.55. The molecule has 2 aliphatic heterocycles. The summed E-state index contributed by atoms with van der Waals surface area (Å²) in [5.74, 6) is -0.000512. The summed E-state index contributed by atoms with van der Waals surface area (Å²) in [7, 11) is 0. The number of ether oxygens (including phenoxy) is 1. The highest BCUT2D eigenvalue weighted by atomic mass is 32.1. The van der Waals surface area contributed by atoms with Gasteiger partial charge in [0.25, 0.3) is 5.91 Å². The molecule has 0 saturated carbocycles. The third kappa shape index (κ3) is 5.00. The molecule has 0 N–H and O–H groups in total. The van der Waals surface area contributed by atoms with E-state index in [1.165, 1.54) is 5.56 Å². The highest BCUT2D eigenvalue weighted by Crippen LogP contribution is 2.38. The van der Waals surface area contributed by atoms with Crippen molar-refractivity contribution < 1.29 is 9.53 Å². The van der Waals surface area contributed by atoms with E-state index in [0.717, 1.165) is 46.9 Å². The minimum Gasteiger partial charge on any atom is -0.379 e. The number of nitrogens with zero attached hydrogens (tertiary/aromatic N) is 5. The Balaban J connectivity index is 1.41. The number of aryl methyl sites for hydroxylation is 1. The smallest absolute Gasteiger partial charge is 0.257 e. The van der Waals surface area contributed by atoms with Crippen molar-refractivity contribution >= 4 is 23.0 Å². The molecule has 37 heavy (non-hydrogen) atoms. The van der Waals surface area contributed by atoms with Gasteiger partial charge >= 0.3 is 0 Å². The van der Waals surface area contributed by atoms with Crippen LogP contribution in [0.1, 0.15) is 29.2 Å². The summed E-state index contributed by atoms with van der Waals surface area (Å²) in [5.41, 5.74) is 7.08. The summed E-state index contributed by atoms with van der Waals surface area (Å²) in [5, 5.41) is 15.8. The Hall–Kier alpha value is -3.59. The number of hydrogen-bond donors (Lipinski definition) is 0. The van der Waals surface area contributed by atoms with Gasteiger partial charge in [-0.2, -0.15) is 21.5 Å². The van der Waals surface area contributed by atoms with Crippen molar-refractivity contribution in [2.75, 3.05) is 32.8 Å². The standard InChI is InChI=1S/C29H29N5O2S/c1-21-7-9-22(10-8-21)29-25(18-33(31-29)24-5-3-2-4-6-24)27-17-26(23-11-16-37-20-23)30-34(27)28(35)19-32-12-14-36-15-13-32/h2-11,16,18,20,27H,12-15,17,19H2,1H3/t27-/m0/s1. The molecule has 1 saturated heterocycles. The molecule has 1 fully saturated rings. The van der Waals surface area contributed by atoms with E-state index < -0.39 is 0 Å². The topological polar surface area (TPSA) is 63.0 Å². The molecule has 4 heterocycles. The quantitative estimate of drug-likeness (QED) is 0.369. The molecule has 0 aliphatic carbocycles. The SMILES string of the molecule is Cc1ccc(-c2nn(-c3ccccc3)cc2[C@@H]2CC(c3ccsc3)=NN2C(=O)CN2CCOCC2)cc1. The lowest BCUT2D eigenvalue weighted by Gasteiger charge is -2.29. The van der Waals surface area contributed by atoms with Crippen molar-refractivity contribution in [3.05, 3.63) is 94.3 Å². The van der Waals surface area contributed by atoms with E-state index in [9.17, 15) is 4.79 Å². The van der Waals surface area contributed by atoms with Gasteiger partial charge in [-0.25, -0.2) is 9.69 Å². The molecule has 4 aromatic rings. The molecule has 7 nitrogen and oxygen atoms in total. The number of hydrazone groups is 1. The lowest BCUT2D eigenvalue weighted by atomic mass is 9.97. The van der Waals surface area contributed by atoms with E-state index in [-0.39, 0.29) is 11.9 Å². The summed E-state index contributed by atoms with van der Waals surface area (Å²) in [4.78, 5) is 15.8. The zero-order valence-electron chi connectivity index (χ0n) is 20.8. The van der Waals surface area contributed by atoms with E-state index in [0.29, 0.717) is 26.2 Å². The number of aromatic nitrogens is 2. The van der Waals surface area contributed by atoms with E-state index in [1.54, 1.807) is 16.3 Å². The van der Waals surface area contributed by atoms with Gasteiger partial charge in [0, 0.05) is 42.4 Å². The number of amides is 1. The first kappa shape index (κ1) is 23.8. The fourth-order valence-electron chi connectivity index (χ4n) is 4.89. The van der Waals surface area contributed by atoms with Gasteiger partial charge < -0.3 is 4.74 Å². The van der Waals surface area contributed by atoms with Crippen molar-refractivity contribution in [3.8, 4) is 16.9 Å². The second-order valence-electron chi connectivity index (χ2n) is 9.48. The van der Waals surface area contributed by atoms with Crippen LogP contribution < -0.4 is 0 Å². The summed E-state index contributed by atoms with van der Waals surface area (Å²) in [6, 6.07) is 20.3. The fraction of sp³-hybridized carbons (Fsp3) is 0.276. The van der Waals surface area contributed by atoms with Crippen LogP contribution in [0.4, 0.5) is 0 Å². The number of morpholine rings is 1. The van der Waals surface area contributed by atoms with Crippen molar-refractivity contribution in [1.82, 2.24) is 19.7 Å². The van der Waals surface area contributed by atoms with Crippen LogP contribution in [0.5, 0.6) is 0 Å². The number of carbonyl (C=O) groups is 1. The van der Waals surface area contributed by atoms with Gasteiger partial charge in [-0.3, -0.25) is 9.69 Å². The number of rotatable bonds is 6. The van der Waals surface area contributed by atoms with Crippen LogP contribution in [0.3, 0.4) is 0 Å². The molecule has 2 aliphatic rings. The summed E-state index contributed by atoms with van der Waals surface area (Å²) in [6.45, 7) is 5.23. The Kier molecular flexibility index (Phi) is 6.70. The molecule has 2 aromatic carbocycles. The highest BCUT2D eigenvalue weighted by molar-refractivity contribution is 7.08. The molecule has 8 heteroatoms. The van der Waals surface area contributed by atoms with Crippen LogP contribution >= 0.6 is 11.3 Å². The van der Waals surface area contributed by atoms with E-state index >= 15 is 0 Å². The van der Waals surface area contributed by atoms with Crippen molar-refractivity contribution in [3.63, 3.8) is 0 Å². The van der Waals surface area contributed by atoms with E-state index in [1.807, 2.05) is 35.0 Å². The molecule has 0 bridgehead atoms. The van der Waals surface area contributed by atoms with Gasteiger partial charge in [-0.05, 0) is 35.9 Å². The molecular weight excluding hydrogens is 482 g/mol. The zero-order chi connectivity index (χ0) is 25.2. The Labute approximate surface area is 220 Å². The average molecular weight is 512 g/mol. The Bertz CT molecular complexity index is 1390. The van der Waals surface area contributed by atoms with Crippen LogP contribution in [-0.2, 0) is 9.53 Å². The Morgan fingerprint density at radius 1 is 1.03 bits per heavy atom. The largest absolute Gasteiger partial charge is 0.379 e. The van der Waals surface area contributed by atoms with Gasteiger partial charge in [-0.15, -0.1) is 0 Å². The van der Waals surface area contributed by atoms with Gasteiger partial charge in [-0.1, -0.05) is 48.0 Å². The lowest BCUT2D eigenvalue weighted by Crippen LogP contribution is -2.43.